The number of rotatable bonds is 3. The molecule has 0 aromatic heterocycles. The fraction of sp³-hybridized carbons (Fsp3) is 0.455. The molecule has 0 spiro atoms. The second-order valence-corrected chi connectivity index (χ2v) is 6.58. The monoisotopic (exact) mass is 375 g/mol. The normalized spacial score (nSPS) is 23.2. The van der Waals surface area contributed by atoms with Gasteiger partial charge in [0, 0.05) is 13.1 Å². The maximum Gasteiger partial charge on any atom is 0.274 e. The van der Waals surface area contributed by atoms with E-state index in [0.29, 0.717) is 29.7 Å². The Hall–Kier alpha value is -0.120. The molecule has 1 aliphatic heterocycles. The molecule has 0 amide bonds. The zero-order valence-electron chi connectivity index (χ0n) is 10.9. The number of nitrogens with one attached hydrogen (secondary N) is 2. The highest BCUT2D eigenvalue weighted by atomic mass is 35.5. The average molecular weight is 377 g/mol. The van der Waals surface area contributed by atoms with Gasteiger partial charge in [0.05, 0.1) is 22.7 Å². The summed E-state index contributed by atoms with van der Waals surface area (Å²) in [6.07, 6.45) is -0.488. The van der Waals surface area contributed by atoms with Crippen LogP contribution in [0, 0.1) is 0 Å². The summed E-state index contributed by atoms with van der Waals surface area (Å²) in [4.78, 5) is 0. The molecule has 10 heteroatoms. The quantitative estimate of drug-likeness (QED) is 0.740. The lowest BCUT2D eigenvalue weighted by molar-refractivity contribution is 0.0493. The van der Waals surface area contributed by atoms with Crippen molar-refractivity contribution >= 4 is 45.8 Å². The molecule has 4 N–H and O–H groups in total. The number of nitrogens with two attached hydrogens (primary N) is 1. The molecule has 2 rings (SSSR count). The summed E-state index contributed by atoms with van der Waals surface area (Å²) < 4.78 is 30.6. The lowest BCUT2D eigenvalue weighted by Crippen LogP contribution is -2.47. The van der Waals surface area contributed by atoms with Crippen molar-refractivity contribution in [2.24, 2.45) is 5.14 Å². The topological polar surface area (TPSA) is 93.5 Å². The molecule has 0 unspecified atom stereocenters. The lowest BCUT2D eigenvalue weighted by Gasteiger charge is -2.25. The second kappa shape index (κ2) is 7.94. The van der Waals surface area contributed by atoms with Gasteiger partial charge in [-0.25, -0.2) is 5.14 Å². The Morgan fingerprint density at radius 3 is 2.67 bits per heavy atom. The van der Waals surface area contributed by atoms with Crippen molar-refractivity contribution in [1.29, 1.82) is 0 Å². The van der Waals surface area contributed by atoms with E-state index in [-0.39, 0.29) is 12.4 Å². The minimum absolute atomic E-state index is 0. The maximum atomic E-state index is 11.2. The second-order valence-electron chi connectivity index (χ2n) is 4.44. The van der Waals surface area contributed by atoms with Crippen LogP contribution in [-0.2, 0) is 14.9 Å². The zero-order chi connectivity index (χ0) is 14.8. The Labute approximate surface area is 139 Å². The molecule has 6 nitrogen and oxygen atoms in total. The predicted octanol–water partition coefficient (Wildman–Crippen LogP) is 1.24. The van der Waals surface area contributed by atoms with Gasteiger partial charge in [0.25, 0.3) is 10.2 Å². The smallest absolute Gasteiger partial charge is 0.274 e. The van der Waals surface area contributed by atoms with Crippen LogP contribution in [0.1, 0.15) is 11.7 Å². The highest BCUT2D eigenvalue weighted by Crippen LogP contribution is 2.29. The van der Waals surface area contributed by atoms with E-state index >= 15 is 0 Å². The van der Waals surface area contributed by atoms with E-state index in [2.05, 4.69) is 10.0 Å². The van der Waals surface area contributed by atoms with Crippen LogP contribution in [-0.4, -0.2) is 34.2 Å². The molecule has 1 heterocycles. The van der Waals surface area contributed by atoms with Crippen LogP contribution in [0.3, 0.4) is 0 Å². The van der Waals surface area contributed by atoms with E-state index < -0.39 is 22.4 Å². The summed E-state index contributed by atoms with van der Waals surface area (Å²) in [7, 11) is -3.83. The van der Waals surface area contributed by atoms with Crippen LogP contribution < -0.4 is 15.2 Å². The van der Waals surface area contributed by atoms with E-state index in [9.17, 15) is 8.42 Å². The lowest BCUT2D eigenvalue weighted by atomic mass is 10.0. The molecule has 21 heavy (non-hydrogen) atoms. The summed E-state index contributed by atoms with van der Waals surface area (Å²) in [6, 6.07) is 4.54. The van der Waals surface area contributed by atoms with E-state index in [4.69, 9.17) is 33.1 Å². The first-order valence-corrected chi connectivity index (χ1v) is 8.24. The van der Waals surface area contributed by atoms with Gasteiger partial charge in [0.1, 0.15) is 6.10 Å². The van der Waals surface area contributed by atoms with E-state index in [1.807, 2.05) is 0 Å². The first kappa shape index (κ1) is 18.9. The Morgan fingerprint density at radius 2 is 2.05 bits per heavy atom. The SMILES string of the molecule is Cl.NS(=O)(=O)N[C@H]1CNCCO[C@@H]1c1ccc(Cl)c(Cl)c1. The Bertz CT molecular complexity index is 585. The molecule has 1 saturated heterocycles. The third kappa shape index (κ3) is 5.54. The molecule has 1 aromatic rings. The van der Waals surface area contributed by atoms with Crippen molar-refractivity contribution in [3.8, 4) is 0 Å². The zero-order valence-corrected chi connectivity index (χ0v) is 14.0. The summed E-state index contributed by atoms with van der Waals surface area (Å²) in [5.41, 5.74) is 0.740. The molecule has 0 radical (unpaired) electrons. The van der Waals surface area contributed by atoms with Crippen molar-refractivity contribution < 1.29 is 13.2 Å². The summed E-state index contributed by atoms with van der Waals surface area (Å²) in [6.45, 7) is 1.48. The summed E-state index contributed by atoms with van der Waals surface area (Å²) >= 11 is 11.9. The van der Waals surface area contributed by atoms with Gasteiger partial charge in [-0.05, 0) is 17.7 Å². The summed E-state index contributed by atoms with van der Waals surface area (Å²) in [5, 5.41) is 8.94. The molecular weight excluding hydrogens is 361 g/mol. The van der Waals surface area contributed by atoms with Crippen LogP contribution >= 0.6 is 35.6 Å². The van der Waals surface area contributed by atoms with E-state index in [1.165, 1.54) is 0 Å². The van der Waals surface area contributed by atoms with Gasteiger partial charge in [-0.2, -0.15) is 13.1 Å². The molecule has 0 aliphatic carbocycles. The van der Waals surface area contributed by atoms with Gasteiger partial charge < -0.3 is 10.1 Å². The molecule has 0 saturated carbocycles. The highest BCUT2D eigenvalue weighted by Gasteiger charge is 2.29. The van der Waals surface area contributed by atoms with Crippen LogP contribution in [0.4, 0.5) is 0 Å². The number of ether oxygens (including phenoxy) is 1. The van der Waals surface area contributed by atoms with Crippen LogP contribution in [0.15, 0.2) is 18.2 Å². The maximum absolute atomic E-state index is 11.2. The fourth-order valence-electron chi connectivity index (χ4n) is 2.07. The Balaban J connectivity index is 0.00000220. The van der Waals surface area contributed by atoms with Gasteiger partial charge in [-0.3, -0.25) is 0 Å². The largest absolute Gasteiger partial charge is 0.370 e. The minimum Gasteiger partial charge on any atom is -0.370 e. The Morgan fingerprint density at radius 1 is 1.33 bits per heavy atom. The van der Waals surface area contributed by atoms with Crippen molar-refractivity contribution in [2.45, 2.75) is 12.1 Å². The minimum atomic E-state index is -3.83. The Kier molecular flexibility index (Phi) is 7.15. The van der Waals surface area contributed by atoms with Crippen LogP contribution in [0.5, 0.6) is 0 Å². The van der Waals surface area contributed by atoms with Crippen molar-refractivity contribution in [2.75, 3.05) is 19.7 Å². The molecule has 2 atom stereocenters. The third-order valence-corrected chi connectivity index (χ3v) is 4.26. The van der Waals surface area contributed by atoms with Crippen molar-refractivity contribution in [1.82, 2.24) is 10.0 Å². The van der Waals surface area contributed by atoms with Crippen LogP contribution in [0.25, 0.3) is 0 Å². The van der Waals surface area contributed by atoms with Gasteiger partial charge in [0.15, 0.2) is 0 Å². The van der Waals surface area contributed by atoms with Crippen molar-refractivity contribution in [3.63, 3.8) is 0 Å². The summed E-state index contributed by atoms with van der Waals surface area (Å²) in [5.74, 6) is 0. The average Bonchev–Trinajstić information content (AvgIpc) is 2.56. The van der Waals surface area contributed by atoms with Gasteiger partial charge in [-0.1, -0.05) is 29.3 Å². The predicted molar refractivity (Wildman–Crippen MR) is 85.3 cm³/mol. The van der Waals surface area contributed by atoms with E-state index in [0.717, 1.165) is 5.56 Å². The third-order valence-electron chi connectivity index (χ3n) is 2.89. The number of benzene rings is 1. The fourth-order valence-corrected chi connectivity index (χ4v) is 3.01. The number of hydrogen-bond donors (Lipinski definition) is 3. The van der Waals surface area contributed by atoms with Gasteiger partial charge in [-0.15, -0.1) is 12.4 Å². The van der Waals surface area contributed by atoms with Crippen LogP contribution in [0.2, 0.25) is 10.0 Å². The first-order valence-electron chi connectivity index (χ1n) is 5.94. The van der Waals surface area contributed by atoms with Gasteiger partial charge >= 0.3 is 0 Å². The highest BCUT2D eigenvalue weighted by molar-refractivity contribution is 7.87. The van der Waals surface area contributed by atoms with Gasteiger partial charge in [0.2, 0.25) is 0 Å². The molecular formula is C11H16Cl3N3O3S. The molecule has 1 fully saturated rings. The van der Waals surface area contributed by atoms with Crippen molar-refractivity contribution in [3.05, 3.63) is 33.8 Å². The molecule has 1 aliphatic rings. The van der Waals surface area contributed by atoms with E-state index in [1.54, 1.807) is 18.2 Å². The number of halogens is 3. The molecule has 0 bridgehead atoms. The first-order chi connectivity index (χ1) is 9.37. The molecule has 120 valence electrons. The standard InChI is InChI=1S/C11H15Cl2N3O3S.ClH/c12-8-2-1-7(5-9(8)13)11-10(16-20(14,17)18)6-15-3-4-19-11;/h1-2,5,10-11,15-16H,3-4,6H2,(H2,14,17,18);1H/t10-,11+;/m0./s1. The number of hydrogen-bond acceptors (Lipinski definition) is 4. The molecule has 1 aromatic carbocycles.